The Morgan fingerprint density at radius 2 is 2.11 bits per heavy atom. The minimum atomic E-state index is 0.0752. The maximum Gasteiger partial charge on any atom is 0.104 e. The second kappa shape index (κ2) is 8.68. The zero-order valence-electron chi connectivity index (χ0n) is 11.9. The predicted octanol–water partition coefficient (Wildman–Crippen LogP) is 4.43. The summed E-state index contributed by atoms with van der Waals surface area (Å²) >= 11 is 1.75. The standard InChI is InChI=1S/C15H27NOS/c1-4-5-6-7-8-13(3)17-14(11-16)15-12(2)9-10-18-15/h9-10,13-14H,4-8,11,16H2,1-3H3. The third kappa shape index (κ3) is 5.09. The molecule has 3 heteroatoms. The van der Waals surface area contributed by atoms with Crippen LogP contribution in [0.1, 0.15) is 62.5 Å². The van der Waals surface area contributed by atoms with Gasteiger partial charge in [-0.05, 0) is 37.3 Å². The van der Waals surface area contributed by atoms with Crippen molar-refractivity contribution in [3.8, 4) is 0 Å². The van der Waals surface area contributed by atoms with Crippen molar-refractivity contribution in [1.82, 2.24) is 0 Å². The summed E-state index contributed by atoms with van der Waals surface area (Å²) in [6.07, 6.45) is 6.71. The summed E-state index contributed by atoms with van der Waals surface area (Å²) in [5.41, 5.74) is 7.14. The van der Waals surface area contributed by atoms with Crippen LogP contribution in [-0.2, 0) is 4.74 Å². The summed E-state index contributed by atoms with van der Waals surface area (Å²) in [6.45, 7) is 7.10. The van der Waals surface area contributed by atoms with Gasteiger partial charge in [0.25, 0.3) is 0 Å². The highest BCUT2D eigenvalue weighted by Crippen LogP contribution is 2.27. The van der Waals surface area contributed by atoms with Crippen LogP contribution < -0.4 is 5.73 Å². The van der Waals surface area contributed by atoms with Gasteiger partial charge in [0.05, 0.1) is 6.10 Å². The molecular weight excluding hydrogens is 242 g/mol. The number of ether oxygens (including phenoxy) is 1. The lowest BCUT2D eigenvalue weighted by molar-refractivity contribution is -0.00213. The molecule has 0 spiro atoms. The lowest BCUT2D eigenvalue weighted by Gasteiger charge is -2.21. The predicted molar refractivity (Wildman–Crippen MR) is 80.2 cm³/mol. The summed E-state index contributed by atoms with van der Waals surface area (Å²) < 4.78 is 6.09. The summed E-state index contributed by atoms with van der Waals surface area (Å²) in [5.74, 6) is 0. The molecule has 104 valence electrons. The lowest BCUT2D eigenvalue weighted by atomic mass is 10.1. The highest BCUT2D eigenvalue weighted by atomic mass is 32.1. The molecule has 1 aromatic rings. The van der Waals surface area contributed by atoms with Crippen molar-refractivity contribution in [3.05, 3.63) is 21.9 Å². The molecule has 2 N–H and O–H groups in total. The van der Waals surface area contributed by atoms with E-state index in [-0.39, 0.29) is 6.10 Å². The zero-order chi connectivity index (χ0) is 13.4. The Morgan fingerprint density at radius 3 is 2.67 bits per heavy atom. The van der Waals surface area contributed by atoms with E-state index in [4.69, 9.17) is 10.5 Å². The highest BCUT2D eigenvalue weighted by molar-refractivity contribution is 7.10. The summed E-state index contributed by atoms with van der Waals surface area (Å²) in [4.78, 5) is 1.29. The molecule has 0 saturated carbocycles. The normalized spacial score (nSPS) is 14.7. The Hall–Kier alpha value is -0.380. The van der Waals surface area contributed by atoms with Gasteiger partial charge in [-0.3, -0.25) is 0 Å². The topological polar surface area (TPSA) is 35.2 Å². The fraction of sp³-hybridized carbons (Fsp3) is 0.733. The molecule has 18 heavy (non-hydrogen) atoms. The molecule has 0 aliphatic carbocycles. The van der Waals surface area contributed by atoms with Crippen LogP contribution in [0.15, 0.2) is 11.4 Å². The fourth-order valence-corrected chi connectivity index (χ4v) is 3.12. The van der Waals surface area contributed by atoms with Crippen LogP contribution in [0.5, 0.6) is 0 Å². The Morgan fingerprint density at radius 1 is 1.33 bits per heavy atom. The smallest absolute Gasteiger partial charge is 0.104 e. The summed E-state index contributed by atoms with van der Waals surface area (Å²) in [5, 5.41) is 2.11. The maximum absolute atomic E-state index is 6.09. The van der Waals surface area contributed by atoms with Gasteiger partial charge in [-0.2, -0.15) is 0 Å². The fourth-order valence-electron chi connectivity index (χ4n) is 2.15. The van der Waals surface area contributed by atoms with Crippen LogP contribution in [0.2, 0.25) is 0 Å². The second-order valence-corrected chi connectivity index (χ2v) is 5.94. The number of aryl methyl sites for hydroxylation is 1. The summed E-state index contributed by atoms with van der Waals surface area (Å²) in [7, 11) is 0. The highest BCUT2D eigenvalue weighted by Gasteiger charge is 2.17. The van der Waals surface area contributed by atoms with Gasteiger partial charge in [-0.15, -0.1) is 11.3 Å². The first-order valence-electron chi connectivity index (χ1n) is 7.08. The molecule has 0 radical (unpaired) electrons. The molecule has 0 fully saturated rings. The first-order chi connectivity index (χ1) is 8.69. The number of rotatable bonds is 9. The number of nitrogens with two attached hydrogens (primary N) is 1. The molecule has 2 atom stereocenters. The van der Waals surface area contributed by atoms with Gasteiger partial charge in [0.1, 0.15) is 6.10 Å². The van der Waals surface area contributed by atoms with E-state index in [0.29, 0.717) is 12.6 Å². The Bertz CT molecular complexity index is 324. The average Bonchev–Trinajstić information content (AvgIpc) is 2.78. The van der Waals surface area contributed by atoms with E-state index < -0.39 is 0 Å². The molecular formula is C15H27NOS. The zero-order valence-corrected chi connectivity index (χ0v) is 12.8. The van der Waals surface area contributed by atoms with E-state index in [1.165, 1.54) is 36.1 Å². The average molecular weight is 269 g/mol. The lowest BCUT2D eigenvalue weighted by Crippen LogP contribution is -2.20. The van der Waals surface area contributed by atoms with Crippen LogP contribution in [0.25, 0.3) is 0 Å². The Kier molecular flexibility index (Phi) is 7.56. The van der Waals surface area contributed by atoms with Crippen molar-refractivity contribution in [2.24, 2.45) is 5.73 Å². The number of unbranched alkanes of at least 4 members (excludes halogenated alkanes) is 3. The van der Waals surface area contributed by atoms with Gasteiger partial charge in [0.2, 0.25) is 0 Å². The Labute approximate surface area is 116 Å². The number of thiophene rings is 1. The Balaban J connectivity index is 2.36. The van der Waals surface area contributed by atoms with Crippen molar-refractivity contribution in [2.75, 3.05) is 6.54 Å². The minimum Gasteiger partial charge on any atom is -0.368 e. The first-order valence-corrected chi connectivity index (χ1v) is 7.96. The molecule has 2 unspecified atom stereocenters. The van der Waals surface area contributed by atoms with Crippen molar-refractivity contribution >= 4 is 11.3 Å². The molecule has 0 saturated heterocycles. The van der Waals surface area contributed by atoms with Gasteiger partial charge in [0, 0.05) is 11.4 Å². The van der Waals surface area contributed by atoms with E-state index in [1.54, 1.807) is 11.3 Å². The van der Waals surface area contributed by atoms with Gasteiger partial charge in [-0.25, -0.2) is 0 Å². The number of hydrogen-bond donors (Lipinski definition) is 1. The van der Waals surface area contributed by atoms with E-state index in [2.05, 4.69) is 32.2 Å². The van der Waals surface area contributed by atoms with Gasteiger partial charge < -0.3 is 10.5 Å². The van der Waals surface area contributed by atoms with E-state index in [0.717, 1.165) is 6.42 Å². The molecule has 0 bridgehead atoms. The van der Waals surface area contributed by atoms with E-state index in [9.17, 15) is 0 Å². The second-order valence-electron chi connectivity index (χ2n) is 4.99. The SMILES string of the molecule is CCCCCCC(C)OC(CN)c1sccc1C. The molecule has 0 aliphatic heterocycles. The first kappa shape index (κ1) is 15.7. The third-order valence-electron chi connectivity index (χ3n) is 3.27. The third-order valence-corrected chi connectivity index (χ3v) is 4.38. The quantitative estimate of drug-likeness (QED) is 0.673. The van der Waals surface area contributed by atoms with Crippen molar-refractivity contribution in [2.45, 2.75) is 65.1 Å². The van der Waals surface area contributed by atoms with Crippen LogP contribution in [0, 0.1) is 6.92 Å². The largest absolute Gasteiger partial charge is 0.368 e. The molecule has 1 aromatic heterocycles. The minimum absolute atomic E-state index is 0.0752. The maximum atomic E-state index is 6.09. The van der Waals surface area contributed by atoms with E-state index >= 15 is 0 Å². The molecule has 0 aromatic carbocycles. The van der Waals surface area contributed by atoms with E-state index in [1.807, 2.05) is 0 Å². The van der Waals surface area contributed by atoms with Crippen LogP contribution in [0.3, 0.4) is 0 Å². The van der Waals surface area contributed by atoms with Crippen LogP contribution in [-0.4, -0.2) is 12.6 Å². The van der Waals surface area contributed by atoms with Gasteiger partial charge >= 0.3 is 0 Å². The van der Waals surface area contributed by atoms with Crippen molar-refractivity contribution < 1.29 is 4.74 Å². The van der Waals surface area contributed by atoms with Crippen molar-refractivity contribution in [3.63, 3.8) is 0 Å². The van der Waals surface area contributed by atoms with Gasteiger partial charge in [0.15, 0.2) is 0 Å². The van der Waals surface area contributed by atoms with Crippen LogP contribution in [0.4, 0.5) is 0 Å². The van der Waals surface area contributed by atoms with Gasteiger partial charge in [-0.1, -0.05) is 32.6 Å². The van der Waals surface area contributed by atoms with Crippen LogP contribution >= 0.6 is 11.3 Å². The van der Waals surface area contributed by atoms with Crippen molar-refractivity contribution in [1.29, 1.82) is 0 Å². The molecule has 1 heterocycles. The monoisotopic (exact) mass is 269 g/mol. The molecule has 0 amide bonds. The molecule has 0 aliphatic rings. The summed E-state index contributed by atoms with van der Waals surface area (Å²) in [6, 6.07) is 2.14. The molecule has 2 nitrogen and oxygen atoms in total. The molecule has 1 rings (SSSR count). The number of hydrogen-bond acceptors (Lipinski definition) is 3.